The summed E-state index contributed by atoms with van der Waals surface area (Å²) in [6.45, 7) is 0. The van der Waals surface area contributed by atoms with E-state index in [4.69, 9.17) is 5.73 Å². The maximum absolute atomic E-state index is 10.6. The van der Waals surface area contributed by atoms with Crippen molar-refractivity contribution in [3.63, 3.8) is 0 Å². The lowest BCUT2D eigenvalue weighted by atomic mass is 9.86. The molecule has 0 spiro atoms. The second kappa shape index (κ2) is 3.60. The summed E-state index contributed by atoms with van der Waals surface area (Å²) in [5, 5.41) is 20.1. The van der Waals surface area contributed by atoms with Gasteiger partial charge in [0.05, 0.1) is 17.1 Å². The summed E-state index contributed by atoms with van der Waals surface area (Å²) in [7, 11) is 0. The lowest BCUT2D eigenvalue weighted by Gasteiger charge is -2.26. The summed E-state index contributed by atoms with van der Waals surface area (Å²) in [5.41, 5.74) is 7.51. The molecule has 0 aromatic heterocycles. The van der Waals surface area contributed by atoms with Gasteiger partial charge in [0, 0.05) is 12.1 Å². The van der Waals surface area contributed by atoms with Crippen LogP contribution in [0, 0.1) is 10.1 Å². The van der Waals surface area contributed by atoms with Crippen LogP contribution in [0.4, 0.5) is 5.69 Å². The topological polar surface area (TPSA) is 89.4 Å². The number of aliphatic hydroxyl groups is 1. The third-order valence-electron chi connectivity index (χ3n) is 2.82. The Kier molecular flexibility index (Phi) is 2.42. The molecule has 0 heterocycles. The van der Waals surface area contributed by atoms with E-state index in [2.05, 4.69) is 0 Å². The maximum atomic E-state index is 10.6. The van der Waals surface area contributed by atoms with Crippen LogP contribution in [0.15, 0.2) is 18.2 Å². The van der Waals surface area contributed by atoms with Crippen molar-refractivity contribution >= 4 is 5.69 Å². The molecule has 2 atom stereocenters. The smallest absolute Gasteiger partial charge is 0.269 e. The number of benzene rings is 1. The normalized spacial score (nSPS) is 24.7. The summed E-state index contributed by atoms with van der Waals surface area (Å²) in [5.74, 6) is 0. The van der Waals surface area contributed by atoms with Gasteiger partial charge in [-0.1, -0.05) is 6.07 Å². The van der Waals surface area contributed by atoms with E-state index in [1.165, 1.54) is 12.1 Å². The predicted molar refractivity (Wildman–Crippen MR) is 54.4 cm³/mol. The number of fused-ring (bicyclic) bond motifs is 1. The Labute approximate surface area is 86.7 Å². The number of aliphatic hydroxyl groups excluding tert-OH is 1. The Hall–Kier alpha value is -1.46. The molecule has 0 bridgehead atoms. The fourth-order valence-corrected chi connectivity index (χ4v) is 1.92. The molecule has 3 N–H and O–H groups in total. The van der Waals surface area contributed by atoms with Crippen molar-refractivity contribution in [2.75, 3.05) is 0 Å². The summed E-state index contributed by atoms with van der Waals surface area (Å²) in [6.07, 6.45) is 0.744. The SMILES string of the molecule is N[C@@H]1c2cc([N+](=O)[O-])ccc2CC[C@H]1O. The summed E-state index contributed by atoms with van der Waals surface area (Å²) in [6, 6.07) is 4.15. The molecule has 1 aromatic rings. The van der Waals surface area contributed by atoms with Crippen LogP contribution in [-0.2, 0) is 6.42 Å². The third kappa shape index (κ3) is 1.71. The van der Waals surface area contributed by atoms with Crippen LogP contribution in [0.25, 0.3) is 0 Å². The van der Waals surface area contributed by atoms with Crippen LogP contribution in [0.2, 0.25) is 0 Å². The number of non-ortho nitro benzene ring substituents is 1. The minimum absolute atomic E-state index is 0.0262. The van der Waals surface area contributed by atoms with E-state index in [0.29, 0.717) is 12.0 Å². The van der Waals surface area contributed by atoms with Crippen LogP contribution in [0.3, 0.4) is 0 Å². The summed E-state index contributed by atoms with van der Waals surface area (Å²) in [4.78, 5) is 10.1. The number of hydrogen-bond acceptors (Lipinski definition) is 4. The Bertz CT molecular complexity index is 406. The molecular formula is C10H12N2O3. The van der Waals surface area contributed by atoms with Crippen LogP contribution in [-0.4, -0.2) is 16.1 Å². The van der Waals surface area contributed by atoms with E-state index < -0.39 is 17.1 Å². The van der Waals surface area contributed by atoms with Gasteiger partial charge in [0.15, 0.2) is 0 Å². The molecule has 0 radical (unpaired) electrons. The number of aryl methyl sites for hydroxylation is 1. The van der Waals surface area contributed by atoms with E-state index >= 15 is 0 Å². The van der Waals surface area contributed by atoms with E-state index in [1.54, 1.807) is 6.07 Å². The van der Waals surface area contributed by atoms with Gasteiger partial charge in [-0.3, -0.25) is 10.1 Å². The van der Waals surface area contributed by atoms with Gasteiger partial charge >= 0.3 is 0 Å². The highest BCUT2D eigenvalue weighted by atomic mass is 16.6. The molecule has 15 heavy (non-hydrogen) atoms. The van der Waals surface area contributed by atoms with Gasteiger partial charge in [0.2, 0.25) is 0 Å². The Morgan fingerprint density at radius 3 is 2.93 bits per heavy atom. The van der Waals surface area contributed by atoms with Gasteiger partial charge in [-0.25, -0.2) is 0 Å². The van der Waals surface area contributed by atoms with Crippen LogP contribution in [0.1, 0.15) is 23.6 Å². The zero-order chi connectivity index (χ0) is 11.0. The Morgan fingerprint density at radius 1 is 1.53 bits per heavy atom. The molecule has 0 amide bonds. The van der Waals surface area contributed by atoms with Crippen molar-refractivity contribution in [1.82, 2.24) is 0 Å². The molecule has 80 valence electrons. The molecule has 5 heteroatoms. The molecule has 0 unspecified atom stereocenters. The molecule has 0 fully saturated rings. The maximum Gasteiger partial charge on any atom is 0.269 e. The number of nitrogens with two attached hydrogens (primary N) is 1. The molecule has 0 saturated carbocycles. The molecular weight excluding hydrogens is 196 g/mol. The van der Waals surface area contributed by atoms with Gasteiger partial charge in [0.25, 0.3) is 5.69 Å². The molecule has 0 aliphatic heterocycles. The fourth-order valence-electron chi connectivity index (χ4n) is 1.92. The van der Waals surface area contributed by atoms with Gasteiger partial charge < -0.3 is 10.8 Å². The highest BCUT2D eigenvalue weighted by molar-refractivity contribution is 5.43. The monoisotopic (exact) mass is 208 g/mol. The predicted octanol–water partition coefficient (Wildman–Crippen LogP) is 0.902. The fraction of sp³-hybridized carbons (Fsp3) is 0.400. The van der Waals surface area contributed by atoms with E-state index in [1.807, 2.05) is 0 Å². The van der Waals surface area contributed by atoms with Crippen molar-refractivity contribution in [3.8, 4) is 0 Å². The number of nitrogens with zero attached hydrogens (tertiary/aromatic N) is 1. The Morgan fingerprint density at radius 2 is 2.27 bits per heavy atom. The van der Waals surface area contributed by atoms with Gasteiger partial charge in [-0.15, -0.1) is 0 Å². The second-order valence-electron chi connectivity index (χ2n) is 3.77. The highest BCUT2D eigenvalue weighted by Gasteiger charge is 2.26. The van der Waals surface area contributed by atoms with E-state index in [9.17, 15) is 15.2 Å². The first kappa shape index (κ1) is 10.1. The molecule has 0 saturated heterocycles. The largest absolute Gasteiger partial charge is 0.391 e. The minimum atomic E-state index is -0.598. The van der Waals surface area contributed by atoms with Crippen LogP contribution in [0.5, 0.6) is 0 Å². The van der Waals surface area contributed by atoms with Gasteiger partial charge in [0.1, 0.15) is 0 Å². The lowest BCUT2D eigenvalue weighted by molar-refractivity contribution is -0.385. The standard InChI is InChI=1S/C10H12N2O3/c11-10-8-5-7(12(14)15)3-1-6(8)2-4-9(10)13/h1,3,5,9-10,13H,2,4,11H2/t9-,10-/m1/s1. The van der Waals surface area contributed by atoms with E-state index in [0.717, 1.165) is 12.0 Å². The lowest BCUT2D eigenvalue weighted by Crippen LogP contribution is -2.31. The molecule has 1 aromatic carbocycles. The van der Waals surface area contributed by atoms with Crippen molar-refractivity contribution in [2.24, 2.45) is 5.73 Å². The Balaban J connectivity index is 2.45. The number of nitro benzene ring substituents is 1. The van der Waals surface area contributed by atoms with Gasteiger partial charge in [-0.05, 0) is 24.0 Å². The number of rotatable bonds is 1. The minimum Gasteiger partial charge on any atom is -0.391 e. The van der Waals surface area contributed by atoms with E-state index in [-0.39, 0.29) is 5.69 Å². The zero-order valence-corrected chi connectivity index (χ0v) is 8.09. The van der Waals surface area contributed by atoms with Crippen LogP contribution >= 0.6 is 0 Å². The van der Waals surface area contributed by atoms with Crippen molar-refractivity contribution in [1.29, 1.82) is 0 Å². The summed E-state index contributed by atoms with van der Waals surface area (Å²) < 4.78 is 0. The average Bonchev–Trinajstić information content (AvgIpc) is 2.23. The zero-order valence-electron chi connectivity index (χ0n) is 8.09. The first-order valence-corrected chi connectivity index (χ1v) is 4.80. The highest BCUT2D eigenvalue weighted by Crippen LogP contribution is 2.30. The molecule has 5 nitrogen and oxygen atoms in total. The van der Waals surface area contributed by atoms with Crippen molar-refractivity contribution in [2.45, 2.75) is 25.0 Å². The second-order valence-corrected chi connectivity index (χ2v) is 3.77. The quantitative estimate of drug-likeness (QED) is 0.530. The first-order chi connectivity index (χ1) is 7.09. The molecule has 2 rings (SSSR count). The third-order valence-corrected chi connectivity index (χ3v) is 2.82. The van der Waals surface area contributed by atoms with Crippen molar-refractivity contribution in [3.05, 3.63) is 39.4 Å². The number of nitro groups is 1. The summed E-state index contributed by atoms with van der Waals surface area (Å²) >= 11 is 0. The van der Waals surface area contributed by atoms with Crippen molar-refractivity contribution < 1.29 is 10.0 Å². The molecule has 1 aliphatic rings. The first-order valence-electron chi connectivity index (χ1n) is 4.80. The number of hydrogen-bond donors (Lipinski definition) is 2. The average molecular weight is 208 g/mol. The van der Waals surface area contributed by atoms with Crippen LogP contribution < -0.4 is 5.73 Å². The molecule has 1 aliphatic carbocycles. The van der Waals surface area contributed by atoms with Gasteiger partial charge in [-0.2, -0.15) is 0 Å².